The summed E-state index contributed by atoms with van der Waals surface area (Å²) in [5.41, 5.74) is 15.1. The highest BCUT2D eigenvalue weighted by molar-refractivity contribution is 6.14. The summed E-state index contributed by atoms with van der Waals surface area (Å²) >= 11 is 0. The lowest BCUT2D eigenvalue weighted by atomic mass is 9.96. The van der Waals surface area contributed by atoms with Crippen LogP contribution in [0.5, 0.6) is 0 Å². The molecule has 0 atom stereocenters. The van der Waals surface area contributed by atoms with Crippen LogP contribution >= 0.6 is 0 Å². The molecule has 286 valence electrons. The second-order valence-corrected chi connectivity index (χ2v) is 15.1. The normalized spacial score (nSPS) is 11.3. The fourth-order valence-corrected chi connectivity index (χ4v) is 8.27. The fraction of sp³-hybridized carbons (Fsp3) is 0. The van der Waals surface area contributed by atoms with E-state index in [0.717, 1.165) is 94.8 Å². The molecule has 0 aliphatic rings. The van der Waals surface area contributed by atoms with E-state index in [-0.39, 0.29) is 0 Å². The number of fused-ring (bicyclic) bond motifs is 3. The lowest BCUT2D eigenvalue weighted by Crippen LogP contribution is -1.99. The molecule has 11 aromatic rings. The molecule has 5 heteroatoms. The minimum atomic E-state index is 0.671. The number of hydrogen-bond donors (Lipinski definition) is 0. The van der Waals surface area contributed by atoms with Crippen molar-refractivity contribution >= 4 is 21.9 Å². The molecular formula is C56H37N5. The van der Waals surface area contributed by atoms with Crippen LogP contribution in [-0.4, -0.2) is 24.5 Å². The van der Waals surface area contributed by atoms with Crippen molar-refractivity contribution in [1.29, 1.82) is 0 Å². The van der Waals surface area contributed by atoms with Gasteiger partial charge in [0.25, 0.3) is 0 Å². The van der Waals surface area contributed by atoms with Gasteiger partial charge >= 0.3 is 0 Å². The molecule has 0 radical (unpaired) electrons. The number of benzene rings is 8. The fourth-order valence-electron chi connectivity index (χ4n) is 8.27. The van der Waals surface area contributed by atoms with E-state index < -0.39 is 0 Å². The van der Waals surface area contributed by atoms with Gasteiger partial charge in [-0.15, -0.1) is 0 Å². The SMILES string of the molecule is c1ccc(-c2cc(-c3ccccc3)nc(-c3cccc(-c4cccc(-c5cccc(-c6nc(-c7ccccc7)c7c8ccccc8n(-c8ccccc8)c7n6)c5)c4)c3)n2)cc1. The third kappa shape index (κ3) is 6.84. The van der Waals surface area contributed by atoms with Gasteiger partial charge in [-0.1, -0.05) is 182 Å². The van der Waals surface area contributed by atoms with Crippen molar-refractivity contribution in [1.82, 2.24) is 24.5 Å². The standard InChI is InChI=1S/C56H37N5/c1-5-18-38(19-6-1)49-37-50(39-20-7-2-8-21-39)58-54(57-49)45-28-16-26-43(35-45)41-24-15-25-42(34-41)44-27-17-29-46(36-44)55-59-53(40-22-9-3-10-23-40)52-48-32-13-14-33-51(48)61(56(52)60-55)47-30-11-4-12-31-47/h1-37H. The van der Waals surface area contributed by atoms with Gasteiger partial charge in [0.05, 0.1) is 28.0 Å². The summed E-state index contributed by atoms with van der Waals surface area (Å²) in [6, 6.07) is 77.9. The van der Waals surface area contributed by atoms with Gasteiger partial charge in [0.1, 0.15) is 5.65 Å². The van der Waals surface area contributed by atoms with Crippen molar-refractivity contribution in [2.75, 3.05) is 0 Å². The Kier molecular flexibility index (Phi) is 9.10. The van der Waals surface area contributed by atoms with Crippen molar-refractivity contribution in [3.05, 3.63) is 224 Å². The van der Waals surface area contributed by atoms with E-state index in [0.29, 0.717) is 11.6 Å². The third-order valence-electron chi connectivity index (χ3n) is 11.2. The predicted octanol–water partition coefficient (Wildman–Crippen LogP) is 14.0. The van der Waals surface area contributed by atoms with Crippen LogP contribution in [0.15, 0.2) is 224 Å². The lowest BCUT2D eigenvalue weighted by Gasteiger charge is -2.12. The van der Waals surface area contributed by atoms with E-state index in [9.17, 15) is 0 Å². The smallest absolute Gasteiger partial charge is 0.162 e. The summed E-state index contributed by atoms with van der Waals surface area (Å²) in [5.74, 6) is 1.36. The Morgan fingerprint density at radius 3 is 1.25 bits per heavy atom. The molecule has 5 nitrogen and oxygen atoms in total. The van der Waals surface area contributed by atoms with Crippen molar-refractivity contribution in [2.24, 2.45) is 0 Å². The molecule has 61 heavy (non-hydrogen) atoms. The van der Waals surface area contributed by atoms with Gasteiger partial charge in [-0.25, -0.2) is 19.9 Å². The number of nitrogens with zero attached hydrogens (tertiary/aromatic N) is 5. The van der Waals surface area contributed by atoms with Crippen molar-refractivity contribution < 1.29 is 0 Å². The second kappa shape index (κ2) is 15.5. The first kappa shape index (κ1) is 35.8. The molecule has 0 saturated heterocycles. The molecule has 0 fully saturated rings. The molecule has 0 aliphatic heterocycles. The Hall–Kier alpha value is -8.28. The molecule has 0 spiro atoms. The van der Waals surface area contributed by atoms with Crippen LogP contribution in [0.25, 0.3) is 106 Å². The Balaban J connectivity index is 1.00. The summed E-state index contributed by atoms with van der Waals surface area (Å²) in [6.45, 7) is 0. The van der Waals surface area contributed by atoms with Crippen LogP contribution in [0, 0.1) is 0 Å². The summed E-state index contributed by atoms with van der Waals surface area (Å²) in [4.78, 5) is 20.9. The molecule has 0 N–H and O–H groups in total. The van der Waals surface area contributed by atoms with E-state index in [4.69, 9.17) is 19.9 Å². The minimum Gasteiger partial charge on any atom is -0.294 e. The summed E-state index contributed by atoms with van der Waals surface area (Å²) < 4.78 is 2.26. The molecule has 3 aromatic heterocycles. The monoisotopic (exact) mass is 779 g/mol. The van der Waals surface area contributed by atoms with E-state index in [1.807, 2.05) is 48.5 Å². The van der Waals surface area contributed by atoms with Crippen LogP contribution in [0.4, 0.5) is 0 Å². The zero-order chi connectivity index (χ0) is 40.5. The lowest BCUT2D eigenvalue weighted by molar-refractivity contribution is 1.11. The highest BCUT2D eigenvalue weighted by atomic mass is 15.1. The molecular weight excluding hydrogens is 743 g/mol. The first-order valence-electron chi connectivity index (χ1n) is 20.5. The molecule has 0 aliphatic carbocycles. The van der Waals surface area contributed by atoms with E-state index in [1.54, 1.807) is 0 Å². The highest BCUT2D eigenvalue weighted by Gasteiger charge is 2.21. The minimum absolute atomic E-state index is 0.671. The Morgan fingerprint density at radius 2 is 0.705 bits per heavy atom. The average Bonchev–Trinajstić information content (AvgIpc) is 3.69. The number of rotatable bonds is 8. The summed E-state index contributed by atoms with van der Waals surface area (Å²) in [7, 11) is 0. The van der Waals surface area contributed by atoms with Crippen LogP contribution in [0.1, 0.15) is 0 Å². The van der Waals surface area contributed by atoms with E-state index >= 15 is 0 Å². The van der Waals surface area contributed by atoms with Gasteiger partial charge in [0.2, 0.25) is 0 Å². The van der Waals surface area contributed by atoms with Gasteiger partial charge in [0.15, 0.2) is 11.6 Å². The maximum Gasteiger partial charge on any atom is 0.162 e. The van der Waals surface area contributed by atoms with Crippen molar-refractivity contribution in [3.63, 3.8) is 0 Å². The topological polar surface area (TPSA) is 56.5 Å². The largest absolute Gasteiger partial charge is 0.294 e. The van der Waals surface area contributed by atoms with Gasteiger partial charge in [-0.05, 0) is 64.7 Å². The van der Waals surface area contributed by atoms with Crippen LogP contribution in [-0.2, 0) is 0 Å². The van der Waals surface area contributed by atoms with Gasteiger partial charge in [-0.2, -0.15) is 0 Å². The van der Waals surface area contributed by atoms with E-state index in [1.165, 1.54) is 0 Å². The predicted molar refractivity (Wildman–Crippen MR) is 250 cm³/mol. The molecule has 8 aromatic carbocycles. The molecule has 11 rings (SSSR count). The zero-order valence-corrected chi connectivity index (χ0v) is 33.1. The molecule has 0 saturated carbocycles. The quantitative estimate of drug-likeness (QED) is 0.154. The van der Waals surface area contributed by atoms with Crippen LogP contribution in [0.2, 0.25) is 0 Å². The first-order chi connectivity index (χ1) is 30.2. The summed E-state index contributed by atoms with van der Waals surface area (Å²) in [5, 5.41) is 2.16. The Morgan fingerprint density at radius 1 is 0.295 bits per heavy atom. The molecule has 0 bridgehead atoms. The molecule has 0 unspecified atom stereocenters. The van der Waals surface area contributed by atoms with Crippen LogP contribution in [0.3, 0.4) is 0 Å². The first-order valence-corrected chi connectivity index (χ1v) is 20.5. The van der Waals surface area contributed by atoms with Gasteiger partial charge in [-0.3, -0.25) is 4.57 Å². The van der Waals surface area contributed by atoms with Crippen molar-refractivity contribution in [2.45, 2.75) is 0 Å². The molecule has 0 amide bonds. The summed E-state index contributed by atoms with van der Waals surface area (Å²) in [6.07, 6.45) is 0. The van der Waals surface area contributed by atoms with Crippen LogP contribution < -0.4 is 0 Å². The Bertz CT molecular complexity index is 3280. The van der Waals surface area contributed by atoms with Gasteiger partial charge in [0, 0.05) is 38.9 Å². The third-order valence-corrected chi connectivity index (χ3v) is 11.2. The number of hydrogen-bond acceptors (Lipinski definition) is 4. The zero-order valence-electron chi connectivity index (χ0n) is 33.1. The highest BCUT2D eigenvalue weighted by Crippen LogP contribution is 2.39. The maximum absolute atomic E-state index is 5.37. The number of para-hydroxylation sites is 2. The average molecular weight is 780 g/mol. The van der Waals surface area contributed by atoms with E-state index in [2.05, 4.69) is 180 Å². The molecule has 3 heterocycles. The van der Waals surface area contributed by atoms with Crippen molar-refractivity contribution in [3.8, 4) is 84.5 Å². The number of aromatic nitrogens is 5. The van der Waals surface area contributed by atoms with Gasteiger partial charge < -0.3 is 0 Å². The maximum atomic E-state index is 5.37. The second-order valence-electron chi connectivity index (χ2n) is 15.1. The Labute approximate surface area is 354 Å².